The van der Waals surface area contributed by atoms with Crippen LogP contribution < -0.4 is 10.1 Å². The van der Waals surface area contributed by atoms with Crippen LogP contribution in [-0.2, 0) is 6.54 Å². The fourth-order valence-electron chi connectivity index (χ4n) is 2.01. The molecule has 0 aliphatic heterocycles. The molecule has 19 heavy (non-hydrogen) atoms. The lowest BCUT2D eigenvalue weighted by atomic mass is 10.1. The van der Waals surface area contributed by atoms with Crippen LogP contribution in [-0.4, -0.2) is 17.6 Å². The third-order valence-corrected chi connectivity index (χ3v) is 2.80. The van der Waals surface area contributed by atoms with Gasteiger partial charge in [-0.3, -0.25) is 0 Å². The summed E-state index contributed by atoms with van der Waals surface area (Å²) in [6.07, 6.45) is 3.17. The highest BCUT2D eigenvalue weighted by molar-refractivity contribution is 5.17. The van der Waals surface area contributed by atoms with Gasteiger partial charge in [-0.2, -0.15) is 0 Å². The quantitative estimate of drug-likeness (QED) is 0.778. The maximum Gasteiger partial charge on any atom is 0.213 e. The molecular weight excluding hydrogens is 236 g/mol. The number of aromatic nitrogens is 1. The number of hydrogen-bond donors (Lipinski definition) is 1. The topological polar surface area (TPSA) is 34.1 Å². The zero-order valence-corrected chi connectivity index (χ0v) is 12.9. The minimum atomic E-state index is 0.220. The first-order valence-corrected chi connectivity index (χ1v) is 7.29. The molecule has 0 amide bonds. The normalized spacial score (nSPS) is 13.0. The molecule has 0 bridgehead atoms. The van der Waals surface area contributed by atoms with Crippen LogP contribution in [0.1, 0.15) is 46.6 Å². The van der Waals surface area contributed by atoms with Crippen molar-refractivity contribution in [1.29, 1.82) is 0 Å². The Labute approximate surface area is 117 Å². The van der Waals surface area contributed by atoms with E-state index in [2.05, 4.69) is 51.0 Å². The highest BCUT2D eigenvalue weighted by Crippen LogP contribution is 2.13. The Morgan fingerprint density at radius 1 is 1.11 bits per heavy atom. The van der Waals surface area contributed by atoms with Crippen molar-refractivity contribution in [2.45, 2.75) is 53.7 Å². The lowest BCUT2D eigenvalue weighted by molar-refractivity contribution is 0.185. The molecule has 108 valence electrons. The van der Waals surface area contributed by atoms with Crippen molar-refractivity contribution in [2.75, 3.05) is 6.54 Å². The molecule has 0 saturated carbocycles. The summed E-state index contributed by atoms with van der Waals surface area (Å²) in [5.74, 6) is 2.04. The van der Waals surface area contributed by atoms with Crippen LogP contribution in [0.25, 0.3) is 0 Å². The van der Waals surface area contributed by atoms with Crippen LogP contribution in [0.15, 0.2) is 18.3 Å². The fourth-order valence-corrected chi connectivity index (χ4v) is 2.01. The molecule has 0 aromatic carbocycles. The first-order valence-electron chi connectivity index (χ1n) is 7.29. The maximum atomic E-state index is 5.79. The molecule has 1 unspecified atom stereocenters. The van der Waals surface area contributed by atoms with Crippen molar-refractivity contribution in [3.8, 4) is 5.88 Å². The molecule has 0 aliphatic carbocycles. The summed E-state index contributed by atoms with van der Waals surface area (Å²) < 4.78 is 5.79. The summed E-state index contributed by atoms with van der Waals surface area (Å²) >= 11 is 0. The van der Waals surface area contributed by atoms with Gasteiger partial charge in [-0.1, -0.05) is 33.8 Å². The molecule has 1 aromatic rings. The van der Waals surface area contributed by atoms with Crippen molar-refractivity contribution >= 4 is 0 Å². The van der Waals surface area contributed by atoms with E-state index in [1.54, 1.807) is 0 Å². The van der Waals surface area contributed by atoms with E-state index in [0.29, 0.717) is 11.8 Å². The van der Waals surface area contributed by atoms with Crippen LogP contribution in [0.2, 0.25) is 0 Å². The van der Waals surface area contributed by atoms with Crippen molar-refractivity contribution in [3.63, 3.8) is 0 Å². The molecule has 1 N–H and O–H groups in total. The predicted octanol–water partition coefficient (Wildman–Crippen LogP) is 3.64. The second-order valence-electron chi connectivity index (χ2n) is 6.09. The summed E-state index contributed by atoms with van der Waals surface area (Å²) in [6.45, 7) is 12.8. The van der Waals surface area contributed by atoms with Gasteiger partial charge in [-0.05, 0) is 37.3 Å². The number of nitrogens with one attached hydrogen (secondary N) is 1. The van der Waals surface area contributed by atoms with Gasteiger partial charge in [0.05, 0.1) is 6.10 Å². The fraction of sp³-hybridized carbons (Fsp3) is 0.688. The van der Waals surface area contributed by atoms with E-state index < -0.39 is 0 Å². The van der Waals surface area contributed by atoms with Crippen molar-refractivity contribution in [3.05, 3.63) is 23.9 Å². The first kappa shape index (κ1) is 16.0. The number of nitrogens with zero attached hydrogens (tertiary/aromatic N) is 1. The van der Waals surface area contributed by atoms with Crippen LogP contribution in [0.4, 0.5) is 0 Å². The van der Waals surface area contributed by atoms with Crippen molar-refractivity contribution in [1.82, 2.24) is 10.3 Å². The molecule has 1 aromatic heterocycles. The van der Waals surface area contributed by atoms with E-state index in [1.165, 1.54) is 5.56 Å². The zero-order valence-electron chi connectivity index (χ0n) is 12.9. The van der Waals surface area contributed by atoms with Gasteiger partial charge in [-0.15, -0.1) is 0 Å². The number of ether oxygens (including phenoxy) is 1. The van der Waals surface area contributed by atoms with Gasteiger partial charge in [0.15, 0.2) is 0 Å². The van der Waals surface area contributed by atoms with E-state index in [-0.39, 0.29) is 6.10 Å². The Morgan fingerprint density at radius 3 is 2.37 bits per heavy atom. The number of pyridine rings is 1. The maximum absolute atomic E-state index is 5.79. The van der Waals surface area contributed by atoms with Crippen LogP contribution in [0.5, 0.6) is 5.88 Å². The second kappa shape index (κ2) is 8.16. The molecule has 3 nitrogen and oxygen atoms in total. The monoisotopic (exact) mass is 264 g/mol. The number of rotatable bonds is 8. The lowest BCUT2D eigenvalue weighted by Crippen LogP contribution is -2.19. The van der Waals surface area contributed by atoms with Gasteiger partial charge < -0.3 is 10.1 Å². The predicted molar refractivity (Wildman–Crippen MR) is 80.3 cm³/mol. The van der Waals surface area contributed by atoms with Crippen molar-refractivity contribution < 1.29 is 4.74 Å². The molecular formula is C16H28N2O. The number of hydrogen-bond acceptors (Lipinski definition) is 3. The van der Waals surface area contributed by atoms with Gasteiger partial charge in [0.25, 0.3) is 0 Å². The summed E-state index contributed by atoms with van der Waals surface area (Å²) in [6, 6.07) is 4.04. The van der Waals surface area contributed by atoms with E-state index in [1.807, 2.05) is 12.3 Å². The summed E-state index contributed by atoms with van der Waals surface area (Å²) in [4.78, 5) is 4.36. The molecule has 0 radical (unpaired) electrons. The van der Waals surface area contributed by atoms with E-state index in [9.17, 15) is 0 Å². The van der Waals surface area contributed by atoms with Gasteiger partial charge in [0.1, 0.15) is 0 Å². The minimum absolute atomic E-state index is 0.220. The van der Waals surface area contributed by atoms with Crippen LogP contribution >= 0.6 is 0 Å². The van der Waals surface area contributed by atoms with E-state index in [4.69, 9.17) is 4.74 Å². The van der Waals surface area contributed by atoms with E-state index >= 15 is 0 Å². The van der Waals surface area contributed by atoms with Gasteiger partial charge in [-0.25, -0.2) is 4.98 Å². The molecule has 0 saturated heterocycles. The minimum Gasteiger partial charge on any atom is -0.475 e. The average Bonchev–Trinajstić information content (AvgIpc) is 2.29. The average molecular weight is 264 g/mol. The Morgan fingerprint density at radius 2 is 1.84 bits per heavy atom. The Balaban J connectivity index is 2.38. The third kappa shape index (κ3) is 7.16. The molecule has 3 heteroatoms. The van der Waals surface area contributed by atoms with Crippen molar-refractivity contribution in [2.24, 2.45) is 11.8 Å². The molecule has 1 rings (SSSR count). The Hall–Kier alpha value is -1.09. The first-order chi connectivity index (χ1) is 8.97. The van der Waals surface area contributed by atoms with E-state index in [0.717, 1.165) is 25.4 Å². The van der Waals surface area contributed by atoms with Gasteiger partial charge in [0.2, 0.25) is 5.88 Å². The SMILES string of the molecule is CC(C)CNCc1ccc(OC(C)CC(C)C)nc1. The molecule has 1 atom stereocenters. The smallest absolute Gasteiger partial charge is 0.213 e. The summed E-state index contributed by atoms with van der Waals surface area (Å²) in [7, 11) is 0. The molecule has 1 heterocycles. The van der Waals surface area contributed by atoms with Gasteiger partial charge in [0, 0.05) is 18.8 Å². The zero-order chi connectivity index (χ0) is 14.3. The van der Waals surface area contributed by atoms with Gasteiger partial charge >= 0.3 is 0 Å². The van der Waals surface area contributed by atoms with Crippen LogP contribution in [0.3, 0.4) is 0 Å². The Bertz CT molecular complexity index is 346. The third-order valence-electron chi connectivity index (χ3n) is 2.80. The highest BCUT2D eigenvalue weighted by atomic mass is 16.5. The highest BCUT2D eigenvalue weighted by Gasteiger charge is 2.07. The lowest BCUT2D eigenvalue weighted by Gasteiger charge is -2.16. The Kier molecular flexibility index (Phi) is 6.85. The molecule has 0 fully saturated rings. The summed E-state index contributed by atoms with van der Waals surface area (Å²) in [5, 5.41) is 3.41. The standard InChI is InChI=1S/C16H28N2O/c1-12(2)8-14(5)19-16-7-6-15(11-18-16)10-17-9-13(3)4/h6-7,11-14,17H,8-10H2,1-5H3. The van der Waals surface area contributed by atoms with Crippen LogP contribution in [0, 0.1) is 11.8 Å². The largest absolute Gasteiger partial charge is 0.475 e. The summed E-state index contributed by atoms with van der Waals surface area (Å²) in [5.41, 5.74) is 1.20. The second-order valence-corrected chi connectivity index (χ2v) is 6.09. The molecule has 0 spiro atoms. The molecule has 0 aliphatic rings.